The number of ether oxygens (including phenoxy) is 1. The third-order valence-electron chi connectivity index (χ3n) is 4.13. The standard InChI is InChI=1S/C20H14ClF2N3O3/c21-17-14(15(22)5-6-16(17)23)9-29-20(28)13-7-12(8-26-18(13)24)10-1-3-11(4-2-10)19(25)27/h1-8H,9H2,(H2,24,26)(H2,25,27). The summed E-state index contributed by atoms with van der Waals surface area (Å²) in [5.74, 6) is -3.19. The fraction of sp³-hybridized carbons (Fsp3) is 0.0500. The maximum atomic E-state index is 13.8. The van der Waals surface area contributed by atoms with Crippen LogP contribution in [0.25, 0.3) is 11.1 Å². The number of carbonyl (C=O) groups is 2. The Balaban J connectivity index is 1.83. The van der Waals surface area contributed by atoms with Gasteiger partial charge in [-0.05, 0) is 35.9 Å². The van der Waals surface area contributed by atoms with Crippen LogP contribution in [-0.2, 0) is 11.3 Å². The van der Waals surface area contributed by atoms with Crippen molar-refractivity contribution in [2.45, 2.75) is 6.61 Å². The topological polar surface area (TPSA) is 108 Å². The number of hydrogen-bond acceptors (Lipinski definition) is 5. The minimum atomic E-state index is -0.884. The molecular weight excluding hydrogens is 404 g/mol. The number of esters is 1. The van der Waals surface area contributed by atoms with Crippen molar-refractivity contribution < 1.29 is 23.1 Å². The fourth-order valence-corrected chi connectivity index (χ4v) is 2.75. The molecule has 0 unspecified atom stereocenters. The van der Waals surface area contributed by atoms with Crippen LogP contribution in [0.2, 0.25) is 5.02 Å². The third-order valence-corrected chi connectivity index (χ3v) is 4.54. The number of pyridine rings is 1. The van der Waals surface area contributed by atoms with Gasteiger partial charge in [0.05, 0.1) is 5.02 Å². The Morgan fingerprint density at radius 3 is 2.34 bits per heavy atom. The lowest BCUT2D eigenvalue weighted by Crippen LogP contribution is -2.11. The van der Waals surface area contributed by atoms with Crippen LogP contribution >= 0.6 is 11.6 Å². The molecule has 0 radical (unpaired) electrons. The molecule has 0 atom stereocenters. The van der Waals surface area contributed by atoms with E-state index in [4.69, 9.17) is 27.8 Å². The smallest absolute Gasteiger partial charge is 0.342 e. The molecule has 0 aliphatic carbocycles. The molecule has 1 heterocycles. The minimum absolute atomic E-state index is 0.0607. The van der Waals surface area contributed by atoms with E-state index < -0.39 is 35.1 Å². The molecule has 0 saturated heterocycles. The van der Waals surface area contributed by atoms with Gasteiger partial charge in [-0.2, -0.15) is 0 Å². The van der Waals surface area contributed by atoms with Crippen LogP contribution in [0.15, 0.2) is 48.7 Å². The maximum Gasteiger partial charge on any atom is 0.342 e. The normalized spacial score (nSPS) is 10.6. The SMILES string of the molecule is NC(=O)c1ccc(-c2cnc(N)c(C(=O)OCc3c(F)ccc(F)c3Cl)c2)cc1. The lowest BCUT2D eigenvalue weighted by molar-refractivity contribution is 0.0469. The van der Waals surface area contributed by atoms with Gasteiger partial charge >= 0.3 is 5.97 Å². The average molecular weight is 418 g/mol. The minimum Gasteiger partial charge on any atom is -0.457 e. The Morgan fingerprint density at radius 2 is 1.69 bits per heavy atom. The monoisotopic (exact) mass is 417 g/mol. The molecule has 1 amide bonds. The number of benzene rings is 2. The maximum absolute atomic E-state index is 13.8. The van der Waals surface area contributed by atoms with E-state index in [1.54, 1.807) is 12.1 Å². The molecule has 0 saturated carbocycles. The summed E-state index contributed by atoms with van der Waals surface area (Å²) in [5, 5.41) is -0.466. The zero-order valence-electron chi connectivity index (χ0n) is 14.8. The summed E-state index contributed by atoms with van der Waals surface area (Å²) in [6.45, 7) is -0.585. The van der Waals surface area contributed by atoms with Crippen molar-refractivity contribution in [3.63, 3.8) is 0 Å². The summed E-state index contributed by atoms with van der Waals surface area (Å²) in [6.07, 6.45) is 1.44. The van der Waals surface area contributed by atoms with Gasteiger partial charge in [0, 0.05) is 22.9 Å². The van der Waals surface area contributed by atoms with Crippen LogP contribution < -0.4 is 11.5 Å². The molecule has 0 aliphatic rings. The molecule has 148 valence electrons. The van der Waals surface area contributed by atoms with Gasteiger partial charge in [-0.25, -0.2) is 18.6 Å². The third kappa shape index (κ3) is 4.33. The number of carbonyl (C=O) groups excluding carboxylic acids is 2. The predicted molar refractivity (Wildman–Crippen MR) is 103 cm³/mol. The number of halogens is 3. The Morgan fingerprint density at radius 1 is 1.03 bits per heavy atom. The van der Waals surface area contributed by atoms with E-state index in [2.05, 4.69) is 4.98 Å². The Bertz CT molecular complexity index is 1100. The number of aromatic nitrogens is 1. The highest BCUT2D eigenvalue weighted by Crippen LogP contribution is 2.26. The van der Waals surface area contributed by atoms with Gasteiger partial charge in [0.1, 0.15) is 29.6 Å². The van der Waals surface area contributed by atoms with Crippen molar-refractivity contribution in [1.82, 2.24) is 4.98 Å². The van der Waals surface area contributed by atoms with Crippen molar-refractivity contribution in [2.24, 2.45) is 5.73 Å². The van der Waals surface area contributed by atoms with E-state index in [0.717, 1.165) is 12.1 Å². The van der Waals surface area contributed by atoms with Gasteiger partial charge in [0.15, 0.2) is 0 Å². The van der Waals surface area contributed by atoms with E-state index in [0.29, 0.717) is 16.7 Å². The molecule has 3 aromatic rings. The summed E-state index contributed by atoms with van der Waals surface area (Å²) >= 11 is 5.72. The number of anilines is 1. The summed E-state index contributed by atoms with van der Waals surface area (Å²) in [7, 11) is 0. The number of nitrogen functional groups attached to an aromatic ring is 1. The van der Waals surface area contributed by atoms with E-state index >= 15 is 0 Å². The summed E-state index contributed by atoms with van der Waals surface area (Å²) in [4.78, 5) is 27.5. The molecule has 4 N–H and O–H groups in total. The van der Waals surface area contributed by atoms with Crippen LogP contribution in [0.4, 0.5) is 14.6 Å². The lowest BCUT2D eigenvalue weighted by Gasteiger charge is -2.10. The molecule has 0 spiro atoms. The van der Waals surface area contributed by atoms with E-state index in [1.165, 1.54) is 24.4 Å². The first kappa shape index (κ1) is 20.2. The average Bonchev–Trinajstić information content (AvgIpc) is 2.71. The molecule has 0 aliphatic heterocycles. The van der Waals surface area contributed by atoms with Gasteiger partial charge in [0.2, 0.25) is 5.91 Å². The van der Waals surface area contributed by atoms with Crippen LogP contribution in [0.3, 0.4) is 0 Å². The van der Waals surface area contributed by atoms with Crippen molar-refractivity contribution >= 4 is 29.3 Å². The molecule has 0 fully saturated rings. The molecule has 3 rings (SSSR count). The molecule has 1 aromatic heterocycles. The number of rotatable bonds is 5. The predicted octanol–water partition coefficient (Wildman–Crippen LogP) is 3.72. The highest BCUT2D eigenvalue weighted by molar-refractivity contribution is 6.31. The molecule has 6 nitrogen and oxygen atoms in total. The number of nitrogens with two attached hydrogens (primary N) is 2. The first-order chi connectivity index (χ1) is 13.8. The molecular formula is C20H14ClF2N3O3. The number of nitrogens with zero attached hydrogens (tertiary/aromatic N) is 1. The van der Waals surface area contributed by atoms with Crippen molar-refractivity contribution in [1.29, 1.82) is 0 Å². The van der Waals surface area contributed by atoms with Crippen LogP contribution in [0.1, 0.15) is 26.3 Å². The van der Waals surface area contributed by atoms with Crippen molar-refractivity contribution in [2.75, 3.05) is 5.73 Å². The Kier molecular flexibility index (Phi) is 5.74. The zero-order valence-corrected chi connectivity index (χ0v) is 15.5. The number of hydrogen-bond donors (Lipinski definition) is 2. The van der Waals surface area contributed by atoms with Crippen LogP contribution in [-0.4, -0.2) is 16.9 Å². The van der Waals surface area contributed by atoms with Gasteiger partial charge in [-0.3, -0.25) is 4.79 Å². The highest BCUT2D eigenvalue weighted by atomic mass is 35.5. The summed E-state index contributed by atoms with van der Waals surface area (Å²) in [6, 6.07) is 9.51. The first-order valence-electron chi connectivity index (χ1n) is 8.23. The fourth-order valence-electron chi connectivity index (χ4n) is 2.54. The second kappa shape index (κ2) is 8.24. The van der Waals surface area contributed by atoms with Gasteiger partial charge in [0.25, 0.3) is 0 Å². The van der Waals surface area contributed by atoms with E-state index in [1.807, 2.05) is 0 Å². The van der Waals surface area contributed by atoms with Crippen LogP contribution in [0.5, 0.6) is 0 Å². The van der Waals surface area contributed by atoms with E-state index in [9.17, 15) is 18.4 Å². The Labute approximate surface area is 169 Å². The summed E-state index contributed by atoms with van der Waals surface area (Å²) in [5.41, 5.74) is 12.1. The first-order valence-corrected chi connectivity index (χ1v) is 8.61. The molecule has 0 bridgehead atoms. The highest BCUT2D eigenvalue weighted by Gasteiger charge is 2.18. The quantitative estimate of drug-likeness (QED) is 0.486. The molecule has 2 aromatic carbocycles. The van der Waals surface area contributed by atoms with Crippen molar-refractivity contribution in [3.05, 3.63) is 82.0 Å². The van der Waals surface area contributed by atoms with Crippen LogP contribution in [0, 0.1) is 11.6 Å². The lowest BCUT2D eigenvalue weighted by atomic mass is 10.0. The van der Waals surface area contributed by atoms with Gasteiger partial charge in [-0.15, -0.1) is 0 Å². The second-order valence-electron chi connectivity index (χ2n) is 6.00. The van der Waals surface area contributed by atoms with Gasteiger partial charge in [-0.1, -0.05) is 23.7 Å². The largest absolute Gasteiger partial charge is 0.457 e. The molecule has 29 heavy (non-hydrogen) atoms. The number of amides is 1. The number of primary amides is 1. The Hall–Kier alpha value is -3.52. The molecule has 9 heteroatoms. The zero-order chi connectivity index (χ0) is 21.1. The van der Waals surface area contributed by atoms with Crippen molar-refractivity contribution in [3.8, 4) is 11.1 Å². The van der Waals surface area contributed by atoms with E-state index in [-0.39, 0.29) is 16.9 Å². The second-order valence-corrected chi connectivity index (χ2v) is 6.37. The van der Waals surface area contributed by atoms with Gasteiger partial charge < -0.3 is 16.2 Å². The summed E-state index contributed by atoms with van der Waals surface area (Å²) < 4.78 is 32.4.